The summed E-state index contributed by atoms with van der Waals surface area (Å²) in [5.74, 6) is 1.96. The minimum atomic E-state index is -2.25. The molecule has 0 spiro atoms. The van der Waals surface area contributed by atoms with E-state index in [0.29, 0.717) is 30.0 Å². The number of benzene rings is 6. The van der Waals surface area contributed by atoms with Gasteiger partial charge in [0.05, 0.1) is 0 Å². The van der Waals surface area contributed by atoms with Crippen LogP contribution in [0.1, 0.15) is 67.9 Å². The fraction of sp³-hybridized carbons (Fsp3) is 0.208. The summed E-state index contributed by atoms with van der Waals surface area (Å²) in [7, 11) is 0. The summed E-state index contributed by atoms with van der Waals surface area (Å²) >= 11 is 0. The molecule has 0 radical (unpaired) electrons. The Kier molecular flexibility index (Phi) is 9.79. The van der Waals surface area contributed by atoms with Crippen molar-refractivity contribution in [3.8, 4) is 28.4 Å². The number of aryl methyl sites for hydroxylation is 1. The largest absolute Gasteiger partial charge is 0.509 e. The van der Waals surface area contributed by atoms with Gasteiger partial charge in [0.15, 0.2) is 0 Å². The molecule has 2 aromatic heterocycles. The van der Waals surface area contributed by atoms with Crippen LogP contribution in [0.4, 0.5) is 17.1 Å². The number of anilines is 3. The Hall–Kier alpha value is -5.64. The van der Waals surface area contributed by atoms with Crippen molar-refractivity contribution >= 4 is 38.9 Å². The fourth-order valence-corrected chi connectivity index (χ4v) is 7.99. The van der Waals surface area contributed by atoms with Gasteiger partial charge >= 0.3 is 0 Å². The number of pyridine rings is 1. The molecule has 1 aliphatic rings. The summed E-state index contributed by atoms with van der Waals surface area (Å²) < 4.78 is 34.1. The number of ether oxygens (including phenoxy) is 1. The van der Waals surface area contributed by atoms with Crippen LogP contribution in [-0.4, -0.2) is 16.1 Å². The third kappa shape index (κ3) is 7.81. The first-order valence-corrected chi connectivity index (χ1v) is 20.0. The summed E-state index contributed by atoms with van der Waals surface area (Å²) in [4.78, 5) is 9.13. The average Bonchev–Trinajstić information content (AvgIpc) is 3.77. The van der Waals surface area contributed by atoms with Crippen molar-refractivity contribution < 1.29 is 29.9 Å². The van der Waals surface area contributed by atoms with E-state index in [4.69, 9.17) is 13.8 Å². The maximum absolute atomic E-state index is 8.46. The summed E-state index contributed by atoms with van der Waals surface area (Å²) in [5.41, 5.74) is 10.4. The van der Waals surface area contributed by atoms with Crippen LogP contribution >= 0.6 is 0 Å². The van der Waals surface area contributed by atoms with Crippen molar-refractivity contribution in [2.75, 3.05) is 16.3 Å². The predicted molar refractivity (Wildman–Crippen MR) is 241 cm³/mol. The van der Waals surface area contributed by atoms with Gasteiger partial charge < -0.3 is 19.1 Å². The number of hydrogen-bond acceptors (Lipinski definition) is 4. The molecular formula is C53H49N4OPt-3. The Balaban J connectivity index is 0.00000529. The van der Waals surface area contributed by atoms with E-state index in [1.165, 1.54) is 11.1 Å². The molecule has 5 nitrogen and oxygen atoms in total. The first kappa shape index (κ1) is 36.4. The van der Waals surface area contributed by atoms with E-state index in [2.05, 4.69) is 154 Å². The molecule has 1 aliphatic heterocycles. The second-order valence-corrected chi connectivity index (χ2v) is 17.2. The van der Waals surface area contributed by atoms with Crippen molar-refractivity contribution in [3.05, 3.63) is 181 Å². The van der Waals surface area contributed by atoms with Gasteiger partial charge in [0.1, 0.15) is 5.82 Å². The van der Waals surface area contributed by atoms with E-state index in [9.17, 15) is 0 Å². The fourth-order valence-electron chi connectivity index (χ4n) is 7.99. The standard InChI is InChI=1S/C53H49N4O.Pt/c1-36-14-12-18-44(37-22-24-38(25-23-37)52(2,3)4)43(36)29-31-55-35-56(49-21-11-10-20-48(49)55)40-15-13-16-41(33-40)58-42-26-27-46-45-17-8-9-19-47(45)57(50(46)34-42)51-32-39(28-30-54-51)53(5,6)7;/h8-28,30,32,35H,29,31H2,1-7H3;/q-3;/i1D3;. The van der Waals surface area contributed by atoms with Gasteiger partial charge in [-0.25, -0.2) is 4.98 Å². The molecule has 6 aromatic carbocycles. The number of rotatable bonds is 8. The minimum Gasteiger partial charge on any atom is -0.509 e. The molecule has 6 heteroatoms. The van der Waals surface area contributed by atoms with Gasteiger partial charge in [-0.3, -0.25) is 0 Å². The number of nitrogens with zero attached hydrogens (tertiary/aromatic N) is 4. The molecule has 0 saturated carbocycles. The Morgan fingerprint density at radius 2 is 1.42 bits per heavy atom. The van der Waals surface area contributed by atoms with Crippen molar-refractivity contribution in [1.82, 2.24) is 9.55 Å². The molecule has 0 atom stereocenters. The molecule has 0 amide bonds. The molecule has 0 bridgehead atoms. The van der Waals surface area contributed by atoms with Crippen LogP contribution in [0.5, 0.6) is 11.5 Å². The van der Waals surface area contributed by atoms with Gasteiger partial charge in [0.25, 0.3) is 0 Å². The molecule has 8 aromatic rings. The number of fused-ring (bicyclic) bond motifs is 4. The maximum atomic E-state index is 8.46. The Morgan fingerprint density at radius 1 is 0.695 bits per heavy atom. The summed E-state index contributed by atoms with van der Waals surface area (Å²) in [5, 5.41) is 2.19. The van der Waals surface area contributed by atoms with Gasteiger partial charge in [-0.05, 0) is 99.7 Å². The molecule has 300 valence electrons. The summed E-state index contributed by atoms with van der Waals surface area (Å²) in [6.07, 6.45) is 2.41. The molecule has 0 N–H and O–H groups in total. The number of para-hydroxylation sites is 3. The number of aromatic nitrogens is 2. The van der Waals surface area contributed by atoms with E-state index in [1.807, 2.05) is 54.7 Å². The van der Waals surface area contributed by atoms with Gasteiger partial charge in [-0.15, -0.1) is 41.4 Å². The zero-order valence-corrected chi connectivity index (χ0v) is 36.6. The maximum Gasteiger partial charge on any atom is 0.135 e. The van der Waals surface area contributed by atoms with Gasteiger partial charge in [-0.1, -0.05) is 120 Å². The molecule has 0 unspecified atom stereocenters. The van der Waals surface area contributed by atoms with Gasteiger partial charge in [0, 0.05) is 59.8 Å². The summed E-state index contributed by atoms with van der Waals surface area (Å²) in [6.45, 7) is 13.6. The summed E-state index contributed by atoms with van der Waals surface area (Å²) in [6, 6.07) is 52.1. The van der Waals surface area contributed by atoms with Crippen LogP contribution in [0.3, 0.4) is 0 Å². The zero-order valence-electron chi connectivity index (χ0n) is 37.3. The van der Waals surface area contributed by atoms with Crippen molar-refractivity contribution in [2.24, 2.45) is 0 Å². The van der Waals surface area contributed by atoms with Crippen molar-refractivity contribution in [1.29, 1.82) is 0 Å². The average molecular weight is 956 g/mol. The van der Waals surface area contributed by atoms with Gasteiger partial charge in [-0.2, -0.15) is 18.8 Å². The molecule has 59 heavy (non-hydrogen) atoms. The normalized spacial score (nSPS) is 13.8. The van der Waals surface area contributed by atoms with Crippen molar-refractivity contribution in [3.63, 3.8) is 0 Å². The Morgan fingerprint density at radius 3 is 2.20 bits per heavy atom. The van der Waals surface area contributed by atoms with Crippen LogP contribution in [-0.2, 0) is 38.3 Å². The van der Waals surface area contributed by atoms with Gasteiger partial charge in [0.2, 0.25) is 0 Å². The first-order chi connectivity index (χ1) is 29.1. The topological polar surface area (TPSA) is 33.5 Å². The molecule has 9 rings (SSSR count). The number of hydrogen-bond donors (Lipinski definition) is 0. The monoisotopic (exact) mass is 955 g/mol. The first-order valence-electron chi connectivity index (χ1n) is 21.5. The Bertz CT molecular complexity index is 2910. The second-order valence-electron chi connectivity index (χ2n) is 17.2. The van der Waals surface area contributed by atoms with E-state index >= 15 is 0 Å². The minimum absolute atomic E-state index is 0. The van der Waals surface area contributed by atoms with E-state index in [1.54, 1.807) is 6.07 Å². The Labute approximate surface area is 367 Å². The van der Waals surface area contributed by atoms with Crippen molar-refractivity contribution in [2.45, 2.75) is 65.6 Å². The second kappa shape index (κ2) is 15.8. The SMILES string of the molecule is [2H]C([2H])([2H])c1cccc(-c2ccc(C(C)(C)C)cc2)c1CCN1[CH-]N(c2[c-]c(Oc3[c-]c4c(cc3)c3ccccc3n4-c3cc(C(C)(C)C)ccn3)ccc2)c2ccccc21.[Pt]. The molecule has 0 aliphatic carbocycles. The zero-order chi connectivity index (χ0) is 42.7. The van der Waals surface area contributed by atoms with Crippen LogP contribution in [0.15, 0.2) is 140 Å². The molecule has 0 saturated heterocycles. The molecule has 3 heterocycles. The molecular weight excluding hydrogens is 904 g/mol. The van der Waals surface area contributed by atoms with E-state index < -0.39 is 6.85 Å². The third-order valence-corrected chi connectivity index (χ3v) is 11.2. The third-order valence-electron chi connectivity index (χ3n) is 11.2. The van der Waals surface area contributed by atoms with Crippen LogP contribution in [0.25, 0.3) is 38.8 Å². The smallest absolute Gasteiger partial charge is 0.135 e. The predicted octanol–water partition coefficient (Wildman–Crippen LogP) is 13.5. The molecule has 0 fully saturated rings. The van der Waals surface area contributed by atoms with Crippen LogP contribution in [0, 0.1) is 25.7 Å². The van der Waals surface area contributed by atoms with Crippen LogP contribution < -0.4 is 14.5 Å². The van der Waals surface area contributed by atoms with Crippen LogP contribution in [0.2, 0.25) is 0 Å². The quantitative estimate of drug-likeness (QED) is 0.142. The van der Waals surface area contributed by atoms with E-state index in [0.717, 1.165) is 61.4 Å². The van der Waals surface area contributed by atoms with E-state index in [-0.39, 0.29) is 31.9 Å².